The molecule has 96 valence electrons. The van der Waals surface area contributed by atoms with Gasteiger partial charge in [0, 0.05) is 10.2 Å². The third-order valence-electron chi connectivity index (χ3n) is 1.98. The van der Waals surface area contributed by atoms with Gasteiger partial charge in [0.1, 0.15) is 0 Å². The Bertz CT molecular complexity index is 516. The summed E-state index contributed by atoms with van der Waals surface area (Å²) >= 11 is 6.63. The number of ether oxygens (including phenoxy) is 1. The Labute approximate surface area is 123 Å². The number of hydrogen-bond donors (Lipinski definition) is 0. The van der Waals surface area contributed by atoms with Crippen molar-refractivity contribution in [3.8, 4) is 5.19 Å². The second-order valence-electron chi connectivity index (χ2n) is 3.92. The molecule has 0 aliphatic rings. The van der Waals surface area contributed by atoms with Gasteiger partial charge >= 0.3 is 0 Å². The zero-order valence-electron chi connectivity index (χ0n) is 10.1. The van der Waals surface area contributed by atoms with Gasteiger partial charge in [0.15, 0.2) is 4.34 Å². The standard InChI is InChI=1S/C12H13BrN2OS2/c1-8(2)16-11-14-15-12(18-11)17-7-9-4-3-5-10(13)6-9/h3-6,8H,7H2,1-2H3. The van der Waals surface area contributed by atoms with Gasteiger partial charge in [0.2, 0.25) is 0 Å². The van der Waals surface area contributed by atoms with Crippen LogP contribution >= 0.6 is 39.0 Å². The number of nitrogens with zero attached hydrogens (tertiary/aromatic N) is 2. The molecule has 0 N–H and O–H groups in total. The Kier molecular flexibility index (Phi) is 5.03. The van der Waals surface area contributed by atoms with Crippen molar-refractivity contribution in [2.45, 2.75) is 30.0 Å². The Hall–Kier alpha value is -0.590. The Balaban J connectivity index is 1.92. The molecule has 3 nitrogen and oxygen atoms in total. The minimum atomic E-state index is 0.140. The monoisotopic (exact) mass is 344 g/mol. The largest absolute Gasteiger partial charge is 0.466 e. The van der Waals surface area contributed by atoms with E-state index < -0.39 is 0 Å². The average molecular weight is 345 g/mol. The molecule has 0 atom stereocenters. The van der Waals surface area contributed by atoms with Crippen LogP contribution in [0.1, 0.15) is 19.4 Å². The van der Waals surface area contributed by atoms with E-state index in [4.69, 9.17) is 4.74 Å². The molecule has 1 aromatic heterocycles. The summed E-state index contributed by atoms with van der Waals surface area (Å²) in [6, 6.07) is 8.27. The van der Waals surface area contributed by atoms with Gasteiger partial charge in [-0.3, -0.25) is 0 Å². The van der Waals surface area contributed by atoms with E-state index in [-0.39, 0.29) is 6.10 Å². The van der Waals surface area contributed by atoms with Crippen molar-refractivity contribution >= 4 is 39.0 Å². The summed E-state index contributed by atoms with van der Waals surface area (Å²) in [5.74, 6) is 0.885. The first-order valence-electron chi connectivity index (χ1n) is 5.51. The highest BCUT2D eigenvalue weighted by Gasteiger charge is 2.07. The van der Waals surface area contributed by atoms with Gasteiger partial charge in [-0.25, -0.2) is 0 Å². The highest BCUT2D eigenvalue weighted by atomic mass is 79.9. The molecular weight excluding hydrogens is 332 g/mol. The lowest BCUT2D eigenvalue weighted by Crippen LogP contribution is -2.04. The first-order chi connectivity index (χ1) is 8.63. The second kappa shape index (κ2) is 6.54. The maximum atomic E-state index is 5.49. The minimum Gasteiger partial charge on any atom is -0.466 e. The van der Waals surface area contributed by atoms with Crippen molar-refractivity contribution in [1.82, 2.24) is 10.2 Å². The van der Waals surface area contributed by atoms with Crippen LogP contribution in [0, 0.1) is 0 Å². The van der Waals surface area contributed by atoms with Gasteiger partial charge in [-0.2, -0.15) is 0 Å². The Morgan fingerprint density at radius 2 is 2.22 bits per heavy atom. The first kappa shape index (κ1) is 13.8. The van der Waals surface area contributed by atoms with E-state index in [0.717, 1.165) is 14.6 Å². The molecular formula is C12H13BrN2OS2. The molecule has 2 aromatic rings. The van der Waals surface area contributed by atoms with Crippen LogP contribution in [0.15, 0.2) is 33.1 Å². The number of rotatable bonds is 5. The van der Waals surface area contributed by atoms with Gasteiger partial charge in [-0.05, 0) is 42.9 Å². The predicted molar refractivity (Wildman–Crippen MR) is 79.4 cm³/mol. The van der Waals surface area contributed by atoms with Crippen LogP contribution in [0.5, 0.6) is 5.19 Å². The molecule has 18 heavy (non-hydrogen) atoms. The summed E-state index contributed by atoms with van der Waals surface area (Å²) in [5, 5.41) is 8.74. The molecule has 0 spiro atoms. The van der Waals surface area contributed by atoms with E-state index >= 15 is 0 Å². The summed E-state index contributed by atoms with van der Waals surface area (Å²) in [6.07, 6.45) is 0.140. The summed E-state index contributed by atoms with van der Waals surface area (Å²) in [6.45, 7) is 3.96. The molecule has 1 heterocycles. The fraction of sp³-hybridized carbons (Fsp3) is 0.333. The number of thioether (sulfide) groups is 1. The van der Waals surface area contributed by atoms with Gasteiger partial charge in [0.05, 0.1) is 6.10 Å². The topological polar surface area (TPSA) is 35.0 Å². The molecule has 1 aromatic carbocycles. The molecule has 0 bridgehead atoms. The molecule has 0 amide bonds. The number of benzene rings is 1. The van der Waals surface area contributed by atoms with Crippen LogP contribution < -0.4 is 4.74 Å². The van der Waals surface area contributed by atoms with E-state index in [2.05, 4.69) is 38.3 Å². The lowest BCUT2D eigenvalue weighted by atomic mass is 10.2. The van der Waals surface area contributed by atoms with E-state index in [0.29, 0.717) is 5.19 Å². The molecule has 0 saturated heterocycles. The van der Waals surface area contributed by atoms with Crippen LogP contribution in [-0.4, -0.2) is 16.3 Å². The normalized spacial score (nSPS) is 10.9. The Morgan fingerprint density at radius 1 is 1.39 bits per heavy atom. The number of halogens is 1. The predicted octanol–water partition coefficient (Wildman–Crippen LogP) is 4.38. The maximum absolute atomic E-state index is 5.49. The molecule has 0 radical (unpaired) electrons. The summed E-state index contributed by atoms with van der Waals surface area (Å²) in [4.78, 5) is 0. The van der Waals surface area contributed by atoms with Crippen LogP contribution in [0.4, 0.5) is 0 Å². The molecule has 0 aliphatic carbocycles. The fourth-order valence-corrected chi connectivity index (χ4v) is 3.47. The lowest BCUT2D eigenvalue weighted by Gasteiger charge is -2.02. The smallest absolute Gasteiger partial charge is 0.295 e. The summed E-state index contributed by atoms with van der Waals surface area (Å²) < 4.78 is 7.52. The molecule has 0 aliphatic heterocycles. The van der Waals surface area contributed by atoms with Crippen LogP contribution in [0.2, 0.25) is 0 Å². The van der Waals surface area contributed by atoms with Crippen molar-refractivity contribution in [3.05, 3.63) is 34.3 Å². The van der Waals surface area contributed by atoms with Gasteiger partial charge in [-0.1, -0.05) is 44.9 Å². The molecule has 0 saturated carbocycles. The van der Waals surface area contributed by atoms with Gasteiger partial charge < -0.3 is 4.74 Å². The van der Waals surface area contributed by atoms with E-state index in [1.807, 2.05) is 26.0 Å². The lowest BCUT2D eigenvalue weighted by molar-refractivity contribution is 0.239. The zero-order chi connectivity index (χ0) is 13.0. The summed E-state index contributed by atoms with van der Waals surface area (Å²) in [7, 11) is 0. The number of aromatic nitrogens is 2. The quantitative estimate of drug-likeness (QED) is 0.754. The van der Waals surface area contributed by atoms with Gasteiger partial charge in [-0.15, -0.1) is 5.10 Å². The van der Waals surface area contributed by atoms with Crippen LogP contribution in [0.25, 0.3) is 0 Å². The van der Waals surface area contributed by atoms with Crippen molar-refractivity contribution in [2.75, 3.05) is 0 Å². The highest BCUT2D eigenvalue weighted by molar-refractivity contribution is 9.10. The zero-order valence-corrected chi connectivity index (χ0v) is 13.3. The second-order valence-corrected chi connectivity index (χ2v) is 7.00. The summed E-state index contributed by atoms with van der Waals surface area (Å²) in [5.41, 5.74) is 1.26. The van der Waals surface area contributed by atoms with E-state index in [1.165, 1.54) is 16.9 Å². The van der Waals surface area contributed by atoms with Crippen molar-refractivity contribution in [2.24, 2.45) is 0 Å². The van der Waals surface area contributed by atoms with Crippen molar-refractivity contribution in [1.29, 1.82) is 0 Å². The SMILES string of the molecule is CC(C)Oc1nnc(SCc2cccc(Br)c2)s1. The molecule has 0 unspecified atom stereocenters. The highest BCUT2D eigenvalue weighted by Crippen LogP contribution is 2.30. The van der Waals surface area contributed by atoms with Crippen LogP contribution in [0.3, 0.4) is 0 Å². The van der Waals surface area contributed by atoms with E-state index in [1.54, 1.807) is 11.8 Å². The van der Waals surface area contributed by atoms with Gasteiger partial charge in [0.25, 0.3) is 5.19 Å². The fourth-order valence-electron chi connectivity index (χ4n) is 1.28. The molecule has 2 rings (SSSR count). The van der Waals surface area contributed by atoms with E-state index in [9.17, 15) is 0 Å². The molecule has 0 fully saturated rings. The van der Waals surface area contributed by atoms with Crippen LogP contribution in [-0.2, 0) is 5.75 Å². The Morgan fingerprint density at radius 3 is 2.94 bits per heavy atom. The molecule has 6 heteroatoms. The average Bonchev–Trinajstić information content (AvgIpc) is 2.73. The number of hydrogen-bond acceptors (Lipinski definition) is 5. The third kappa shape index (κ3) is 4.26. The third-order valence-corrected chi connectivity index (χ3v) is 4.49. The minimum absolute atomic E-state index is 0.140. The van der Waals surface area contributed by atoms with Crippen molar-refractivity contribution in [3.63, 3.8) is 0 Å². The van der Waals surface area contributed by atoms with Crippen molar-refractivity contribution < 1.29 is 4.74 Å². The first-order valence-corrected chi connectivity index (χ1v) is 8.10. The maximum Gasteiger partial charge on any atom is 0.295 e.